The molecule has 0 fully saturated rings. The monoisotopic (exact) mass is 391 g/mol. The first kappa shape index (κ1) is 18.4. The van der Waals surface area contributed by atoms with Crippen molar-refractivity contribution in [3.63, 3.8) is 0 Å². The quantitative estimate of drug-likeness (QED) is 0.686. The number of carbonyl (C=O) groups is 3. The number of para-hydroxylation sites is 2. The highest BCUT2D eigenvalue weighted by molar-refractivity contribution is 6.10. The van der Waals surface area contributed by atoms with Crippen LogP contribution in [0.3, 0.4) is 0 Å². The molecular weight excluding hydrogens is 374 g/mol. The third kappa shape index (κ3) is 3.73. The maximum Gasteiger partial charge on any atom is 0.361 e. The van der Waals surface area contributed by atoms with E-state index in [2.05, 4.69) is 10.3 Å². The van der Waals surface area contributed by atoms with E-state index in [1.54, 1.807) is 31.2 Å². The third-order valence-corrected chi connectivity index (χ3v) is 4.41. The van der Waals surface area contributed by atoms with Crippen molar-refractivity contribution in [3.05, 3.63) is 66.1 Å². The van der Waals surface area contributed by atoms with Gasteiger partial charge < -0.3 is 14.5 Å². The molecule has 0 saturated heterocycles. The van der Waals surface area contributed by atoms with Crippen molar-refractivity contribution in [1.82, 2.24) is 4.98 Å². The second-order valence-electron chi connectivity index (χ2n) is 6.41. The van der Waals surface area contributed by atoms with Crippen LogP contribution in [0.4, 0.5) is 11.4 Å². The zero-order valence-corrected chi connectivity index (χ0v) is 15.5. The first-order valence-corrected chi connectivity index (χ1v) is 8.92. The number of aromatic nitrogens is 1. The van der Waals surface area contributed by atoms with Crippen molar-refractivity contribution < 1.29 is 23.5 Å². The molecule has 0 spiro atoms. The molecule has 0 unspecified atom stereocenters. The molecule has 0 atom stereocenters. The van der Waals surface area contributed by atoms with Crippen molar-refractivity contribution in [3.8, 4) is 11.5 Å². The number of nitrogens with one attached hydrogen (secondary N) is 1. The highest BCUT2D eigenvalue weighted by atomic mass is 16.5. The van der Waals surface area contributed by atoms with E-state index in [9.17, 15) is 14.4 Å². The number of ether oxygens (including phenoxy) is 1. The van der Waals surface area contributed by atoms with Gasteiger partial charge in [0.25, 0.3) is 5.91 Å². The molecule has 0 saturated carbocycles. The molecule has 146 valence electrons. The topological polar surface area (TPSA) is 102 Å². The Kier molecular flexibility index (Phi) is 4.82. The van der Waals surface area contributed by atoms with Crippen LogP contribution in [0.1, 0.15) is 16.2 Å². The number of carbonyl (C=O) groups excluding carboxylic acids is 3. The van der Waals surface area contributed by atoms with Gasteiger partial charge in [-0.3, -0.25) is 14.5 Å². The maximum absolute atomic E-state index is 12.6. The molecule has 3 aromatic rings. The predicted octanol–water partition coefficient (Wildman–Crippen LogP) is 2.79. The molecule has 1 N–H and O–H groups in total. The number of oxazole rings is 1. The maximum atomic E-state index is 12.6. The molecule has 2 heterocycles. The summed E-state index contributed by atoms with van der Waals surface area (Å²) in [5, 5.41) is 2.70. The van der Waals surface area contributed by atoms with Crippen LogP contribution < -0.4 is 10.2 Å². The van der Waals surface area contributed by atoms with Gasteiger partial charge in [0, 0.05) is 5.56 Å². The van der Waals surface area contributed by atoms with Gasteiger partial charge in [-0.15, -0.1) is 0 Å². The van der Waals surface area contributed by atoms with Crippen LogP contribution >= 0.6 is 0 Å². The lowest BCUT2D eigenvalue weighted by molar-refractivity contribution is -0.124. The fraction of sp³-hybridized carbons (Fsp3) is 0.143. The number of anilines is 2. The minimum atomic E-state index is -0.767. The lowest BCUT2D eigenvalue weighted by Crippen LogP contribution is -2.44. The van der Waals surface area contributed by atoms with Gasteiger partial charge in [-0.2, -0.15) is 0 Å². The summed E-state index contributed by atoms with van der Waals surface area (Å²) in [6, 6.07) is 16.1. The zero-order valence-electron chi connectivity index (χ0n) is 15.5. The SMILES string of the molecule is Cc1oc(-c2ccccc2)nc1C(=O)OCC(=O)N1CC(=O)Nc2ccccc21. The lowest BCUT2D eigenvalue weighted by atomic mass is 10.2. The van der Waals surface area contributed by atoms with E-state index in [4.69, 9.17) is 9.15 Å². The number of aryl methyl sites for hydroxylation is 1. The first-order valence-electron chi connectivity index (χ1n) is 8.92. The van der Waals surface area contributed by atoms with Crippen molar-refractivity contribution in [2.75, 3.05) is 23.4 Å². The summed E-state index contributed by atoms with van der Waals surface area (Å²) in [6.07, 6.45) is 0. The first-order chi connectivity index (χ1) is 14.0. The van der Waals surface area contributed by atoms with Crippen molar-refractivity contribution in [2.24, 2.45) is 0 Å². The molecule has 29 heavy (non-hydrogen) atoms. The number of hydrogen-bond acceptors (Lipinski definition) is 6. The van der Waals surface area contributed by atoms with E-state index in [1.165, 1.54) is 4.90 Å². The smallest absolute Gasteiger partial charge is 0.361 e. The lowest BCUT2D eigenvalue weighted by Gasteiger charge is -2.28. The zero-order chi connectivity index (χ0) is 20.4. The van der Waals surface area contributed by atoms with Crippen LogP contribution in [0.5, 0.6) is 0 Å². The Morgan fingerprint density at radius 1 is 1.14 bits per heavy atom. The molecule has 8 nitrogen and oxygen atoms in total. The Balaban J connectivity index is 1.46. The van der Waals surface area contributed by atoms with Crippen LogP contribution in [0.25, 0.3) is 11.5 Å². The predicted molar refractivity (Wildman–Crippen MR) is 104 cm³/mol. The van der Waals surface area contributed by atoms with E-state index in [0.29, 0.717) is 23.0 Å². The Hall–Kier alpha value is -3.94. The second-order valence-corrected chi connectivity index (χ2v) is 6.41. The Morgan fingerprint density at radius 2 is 1.86 bits per heavy atom. The molecular formula is C21H17N3O5. The fourth-order valence-corrected chi connectivity index (χ4v) is 3.02. The van der Waals surface area contributed by atoms with Crippen LogP contribution in [0.2, 0.25) is 0 Å². The number of amides is 2. The van der Waals surface area contributed by atoms with Gasteiger partial charge in [0.05, 0.1) is 11.4 Å². The Morgan fingerprint density at radius 3 is 2.66 bits per heavy atom. The van der Waals surface area contributed by atoms with E-state index < -0.39 is 18.5 Å². The Labute approximate surface area is 166 Å². The number of benzene rings is 2. The van der Waals surface area contributed by atoms with Gasteiger partial charge in [-0.25, -0.2) is 9.78 Å². The van der Waals surface area contributed by atoms with E-state index >= 15 is 0 Å². The largest absolute Gasteiger partial charge is 0.451 e. The van der Waals surface area contributed by atoms with E-state index in [-0.39, 0.29) is 18.1 Å². The fourth-order valence-electron chi connectivity index (χ4n) is 3.02. The molecule has 0 radical (unpaired) electrons. The summed E-state index contributed by atoms with van der Waals surface area (Å²) < 4.78 is 10.7. The summed E-state index contributed by atoms with van der Waals surface area (Å²) in [5.41, 5.74) is 1.82. The third-order valence-electron chi connectivity index (χ3n) is 4.41. The summed E-state index contributed by atoms with van der Waals surface area (Å²) >= 11 is 0. The van der Waals surface area contributed by atoms with Crippen molar-refractivity contribution >= 4 is 29.2 Å². The van der Waals surface area contributed by atoms with Crippen LogP contribution in [0, 0.1) is 6.92 Å². The summed E-state index contributed by atoms with van der Waals surface area (Å²) in [5.74, 6) is -1.00. The minimum absolute atomic E-state index is 0.00782. The molecule has 1 aromatic heterocycles. The van der Waals surface area contributed by atoms with Crippen LogP contribution in [-0.4, -0.2) is 35.9 Å². The molecule has 8 heteroatoms. The number of esters is 1. The molecule has 1 aliphatic heterocycles. The van der Waals surface area contributed by atoms with Gasteiger partial charge in [0.1, 0.15) is 12.3 Å². The van der Waals surface area contributed by atoms with Gasteiger partial charge >= 0.3 is 5.97 Å². The van der Waals surface area contributed by atoms with Gasteiger partial charge in [0.15, 0.2) is 12.3 Å². The molecule has 0 bridgehead atoms. The van der Waals surface area contributed by atoms with Crippen LogP contribution in [-0.2, 0) is 14.3 Å². The summed E-state index contributed by atoms with van der Waals surface area (Å²) in [4.78, 5) is 42.3. The van der Waals surface area contributed by atoms with Gasteiger partial charge in [0.2, 0.25) is 11.8 Å². The van der Waals surface area contributed by atoms with E-state index in [0.717, 1.165) is 5.56 Å². The number of rotatable bonds is 4. The molecule has 4 rings (SSSR count). The Bertz CT molecular complexity index is 1090. The molecule has 0 aliphatic carbocycles. The van der Waals surface area contributed by atoms with Crippen LogP contribution in [0.15, 0.2) is 59.0 Å². The highest BCUT2D eigenvalue weighted by Gasteiger charge is 2.28. The van der Waals surface area contributed by atoms with Gasteiger partial charge in [-0.05, 0) is 31.2 Å². The molecule has 2 amide bonds. The average molecular weight is 391 g/mol. The summed E-state index contributed by atoms with van der Waals surface area (Å²) in [7, 11) is 0. The van der Waals surface area contributed by atoms with Crippen molar-refractivity contribution in [2.45, 2.75) is 6.92 Å². The standard InChI is InChI=1S/C21H17N3O5/c1-13-19(23-20(29-13)14-7-3-2-4-8-14)21(27)28-12-18(26)24-11-17(25)22-15-9-5-6-10-16(15)24/h2-10H,11-12H2,1H3,(H,22,25). The molecule has 1 aliphatic rings. The average Bonchev–Trinajstić information content (AvgIpc) is 3.13. The number of fused-ring (bicyclic) bond motifs is 1. The number of nitrogens with zero attached hydrogens (tertiary/aromatic N) is 2. The highest BCUT2D eigenvalue weighted by Crippen LogP contribution is 2.29. The van der Waals surface area contributed by atoms with Crippen molar-refractivity contribution in [1.29, 1.82) is 0 Å². The molecule has 2 aromatic carbocycles. The minimum Gasteiger partial charge on any atom is -0.451 e. The van der Waals surface area contributed by atoms with Gasteiger partial charge in [-0.1, -0.05) is 30.3 Å². The number of hydrogen-bond donors (Lipinski definition) is 1. The normalized spacial score (nSPS) is 12.9. The second kappa shape index (κ2) is 7.59. The van der Waals surface area contributed by atoms with E-state index in [1.807, 2.05) is 30.3 Å². The summed E-state index contributed by atoms with van der Waals surface area (Å²) in [6.45, 7) is 0.936.